The van der Waals surface area contributed by atoms with Crippen molar-refractivity contribution in [1.29, 1.82) is 0 Å². The van der Waals surface area contributed by atoms with Crippen LogP contribution in [0.5, 0.6) is 11.5 Å². The van der Waals surface area contributed by atoms with Gasteiger partial charge in [-0.15, -0.1) is 11.8 Å². The second kappa shape index (κ2) is 14.8. The Morgan fingerprint density at radius 2 is 1.66 bits per heavy atom. The van der Waals surface area contributed by atoms with E-state index in [1.165, 1.54) is 5.56 Å². The van der Waals surface area contributed by atoms with Gasteiger partial charge in [-0.1, -0.05) is 49.4 Å². The number of carbonyl (C=O) groups is 1. The van der Waals surface area contributed by atoms with E-state index in [-0.39, 0.29) is 11.3 Å². The lowest BCUT2D eigenvalue weighted by Gasteiger charge is -2.21. The molecule has 226 valence electrons. The van der Waals surface area contributed by atoms with Crippen molar-refractivity contribution >= 4 is 34.3 Å². The fourth-order valence-electron chi connectivity index (χ4n) is 5.13. The zero-order valence-electron chi connectivity index (χ0n) is 25.3. The number of aromatic amines is 1. The van der Waals surface area contributed by atoms with Crippen LogP contribution >= 0.6 is 11.8 Å². The molecule has 0 saturated carbocycles. The predicted octanol–water partition coefficient (Wildman–Crippen LogP) is 7.47. The summed E-state index contributed by atoms with van der Waals surface area (Å²) in [5.41, 5.74) is 4.27. The first-order valence-electron chi connectivity index (χ1n) is 14.7. The molecule has 44 heavy (non-hydrogen) atoms. The number of methoxy groups -OCH3 is 2. The highest BCUT2D eigenvalue weighted by molar-refractivity contribution is 7.99. The number of thioether (sulfide) groups is 1. The number of aromatic nitrogens is 1. The van der Waals surface area contributed by atoms with Gasteiger partial charge in [0.25, 0.3) is 5.91 Å². The minimum atomic E-state index is -0.272. The van der Waals surface area contributed by atoms with Crippen molar-refractivity contribution in [2.45, 2.75) is 24.8 Å². The van der Waals surface area contributed by atoms with Crippen molar-refractivity contribution < 1.29 is 14.3 Å². The largest absolute Gasteiger partial charge is 0.493 e. The third-order valence-corrected chi connectivity index (χ3v) is 8.59. The van der Waals surface area contributed by atoms with Crippen molar-refractivity contribution in [1.82, 2.24) is 9.88 Å². The number of anilines is 1. The molecule has 8 heteroatoms. The number of hydrogen-bond donors (Lipinski definition) is 2. The zero-order chi connectivity index (χ0) is 30.9. The summed E-state index contributed by atoms with van der Waals surface area (Å²) in [6.45, 7) is 4.99. The average Bonchev–Trinajstić information content (AvgIpc) is 3.06. The molecular formula is C36H37N3O4S. The van der Waals surface area contributed by atoms with E-state index < -0.39 is 0 Å². The Bertz CT molecular complexity index is 1770. The highest BCUT2D eigenvalue weighted by atomic mass is 32.2. The standard InChI is InChI=1S/C36H37N3O4S/c1-4-39(24-25-14-19-33(42-2)34(22-25)43-3)20-9-21-44-28-17-15-27(16-18-28)37-36(41)30-13-8-12-29-32(40)23-31(38-35(29)30)26-10-6-5-7-11-26/h5-8,10-19,22-23H,4,9,20-21,24H2,1-3H3,(H,37,41)(H,38,40). The van der Waals surface area contributed by atoms with Crippen LogP contribution in [0.1, 0.15) is 29.3 Å². The van der Waals surface area contributed by atoms with Gasteiger partial charge in [-0.05, 0) is 84.9 Å². The highest BCUT2D eigenvalue weighted by Gasteiger charge is 2.14. The predicted molar refractivity (Wildman–Crippen MR) is 180 cm³/mol. The molecule has 0 fully saturated rings. The number of para-hydroxylation sites is 1. The summed E-state index contributed by atoms with van der Waals surface area (Å²) in [5.74, 6) is 2.21. The highest BCUT2D eigenvalue weighted by Crippen LogP contribution is 2.28. The number of nitrogens with zero attached hydrogens (tertiary/aromatic N) is 1. The van der Waals surface area contributed by atoms with E-state index in [9.17, 15) is 9.59 Å². The molecular weight excluding hydrogens is 570 g/mol. The van der Waals surface area contributed by atoms with Crippen LogP contribution in [0.15, 0.2) is 107 Å². The number of fused-ring (bicyclic) bond motifs is 1. The smallest absolute Gasteiger partial charge is 0.257 e. The molecule has 0 aliphatic rings. The summed E-state index contributed by atoms with van der Waals surface area (Å²) in [6.07, 6.45) is 1.05. The normalized spacial score (nSPS) is 11.1. The van der Waals surface area contributed by atoms with Gasteiger partial charge in [0.15, 0.2) is 16.9 Å². The number of nitrogens with one attached hydrogen (secondary N) is 2. The second-order valence-electron chi connectivity index (χ2n) is 10.4. The number of rotatable bonds is 13. The molecule has 1 heterocycles. The fourth-order valence-corrected chi connectivity index (χ4v) is 5.97. The number of pyridine rings is 1. The molecule has 1 amide bonds. The molecule has 0 saturated heterocycles. The maximum atomic E-state index is 13.3. The van der Waals surface area contributed by atoms with E-state index in [1.54, 1.807) is 50.2 Å². The lowest BCUT2D eigenvalue weighted by Crippen LogP contribution is -2.24. The average molecular weight is 608 g/mol. The lowest BCUT2D eigenvalue weighted by atomic mass is 10.1. The van der Waals surface area contributed by atoms with Gasteiger partial charge < -0.3 is 19.8 Å². The fraction of sp³-hybridized carbons (Fsp3) is 0.222. The molecule has 7 nitrogen and oxygen atoms in total. The Hall–Kier alpha value is -4.53. The molecule has 0 aliphatic heterocycles. The van der Waals surface area contributed by atoms with Crippen molar-refractivity contribution in [3.8, 4) is 22.8 Å². The van der Waals surface area contributed by atoms with Gasteiger partial charge in [0.05, 0.1) is 25.3 Å². The van der Waals surface area contributed by atoms with E-state index in [0.717, 1.165) is 53.8 Å². The van der Waals surface area contributed by atoms with Gasteiger partial charge in [-0.2, -0.15) is 0 Å². The SMILES string of the molecule is CCN(CCCSc1ccc(NC(=O)c2cccc3c(=O)cc(-c4ccccc4)[nH]c23)cc1)Cc1ccc(OC)c(OC)c1. The monoisotopic (exact) mass is 607 g/mol. The van der Waals surface area contributed by atoms with Crippen LogP contribution in [0.4, 0.5) is 5.69 Å². The number of ether oxygens (including phenoxy) is 2. The van der Waals surface area contributed by atoms with Crippen molar-refractivity contribution in [3.05, 3.63) is 118 Å². The van der Waals surface area contributed by atoms with Crippen LogP contribution in [-0.4, -0.2) is 48.9 Å². The third-order valence-electron chi connectivity index (χ3n) is 7.50. The maximum absolute atomic E-state index is 13.3. The molecule has 0 atom stereocenters. The molecule has 0 bridgehead atoms. The molecule has 5 rings (SSSR count). The van der Waals surface area contributed by atoms with Crippen LogP contribution in [0.25, 0.3) is 22.2 Å². The number of amides is 1. The molecule has 0 aliphatic carbocycles. The Morgan fingerprint density at radius 3 is 2.39 bits per heavy atom. The van der Waals surface area contributed by atoms with Crippen molar-refractivity contribution in [2.24, 2.45) is 0 Å². The Morgan fingerprint density at radius 1 is 0.886 bits per heavy atom. The number of carbonyl (C=O) groups excluding carboxylic acids is 1. The van der Waals surface area contributed by atoms with E-state index in [4.69, 9.17) is 9.47 Å². The molecule has 0 spiro atoms. The number of hydrogen-bond acceptors (Lipinski definition) is 6. The molecule has 4 aromatic carbocycles. The van der Waals surface area contributed by atoms with Crippen LogP contribution in [0.3, 0.4) is 0 Å². The van der Waals surface area contributed by atoms with E-state index in [1.807, 2.05) is 66.7 Å². The van der Waals surface area contributed by atoms with E-state index in [2.05, 4.69) is 28.2 Å². The van der Waals surface area contributed by atoms with Gasteiger partial charge in [0, 0.05) is 34.3 Å². The van der Waals surface area contributed by atoms with E-state index >= 15 is 0 Å². The van der Waals surface area contributed by atoms with Gasteiger partial charge in [0.2, 0.25) is 0 Å². The summed E-state index contributed by atoms with van der Waals surface area (Å²) in [7, 11) is 3.31. The second-order valence-corrected chi connectivity index (χ2v) is 11.5. The molecule has 2 N–H and O–H groups in total. The molecule has 0 unspecified atom stereocenters. The van der Waals surface area contributed by atoms with Crippen molar-refractivity contribution in [2.75, 3.05) is 38.4 Å². The Balaban J connectivity index is 1.16. The zero-order valence-corrected chi connectivity index (χ0v) is 26.1. The third kappa shape index (κ3) is 7.51. The first kappa shape index (κ1) is 30.9. The van der Waals surface area contributed by atoms with Crippen molar-refractivity contribution in [3.63, 3.8) is 0 Å². The summed E-state index contributed by atoms with van der Waals surface area (Å²) in [4.78, 5) is 33.1. The van der Waals surface area contributed by atoms with Crippen LogP contribution in [0, 0.1) is 0 Å². The first-order chi connectivity index (χ1) is 21.5. The van der Waals surface area contributed by atoms with Crippen LogP contribution in [0.2, 0.25) is 0 Å². The molecule has 1 aromatic heterocycles. The van der Waals surface area contributed by atoms with Crippen LogP contribution in [-0.2, 0) is 6.54 Å². The lowest BCUT2D eigenvalue weighted by molar-refractivity contribution is 0.102. The summed E-state index contributed by atoms with van der Waals surface area (Å²) in [5, 5.41) is 3.47. The van der Waals surface area contributed by atoms with Crippen LogP contribution < -0.4 is 20.2 Å². The first-order valence-corrected chi connectivity index (χ1v) is 15.7. The molecule has 0 radical (unpaired) electrons. The number of benzene rings is 4. The summed E-state index contributed by atoms with van der Waals surface area (Å²) < 4.78 is 10.8. The topological polar surface area (TPSA) is 83.7 Å². The Labute approximate surface area is 262 Å². The minimum absolute atomic E-state index is 0.128. The maximum Gasteiger partial charge on any atom is 0.257 e. The number of H-pyrrole nitrogens is 1. The molecule has 5 aromatic rings. The van der Waals surface area contributed by atoms with Gasteiger partial charge in [-0.3, -0.25) is 14.5 Å². The summed E-state index contributed by atoms with van der Waals surface area (Å²) in [6, 6.07) is 30.4. The van der Waals surface area contributed by atoms with Gasteiger partial charge >= 0.3 is 0 Å². The quantitative estimate of drug-likeness (QED) is 0.107. The van der Waals surface area contributed by atoms with Gasteiger partial charge in [-0.25, -0.2) is 0 Å². The van der Waals surface area contributed by atoms with Gasteiger partial charge in [0.1, 0.15) is 0 Å². The van der Waals surface area contributed by atoms with E-state index in [0.29, 0.717) is 27.8 Å². The minimum Gasteiger partial charge on any atom is -0.493 e. The summed E-state index contributed by atoms with van der Waals surface area (Å²) >= 11 is 1.80. The Kier molecular flexibility index (Phi) is 10.4.